The summed E-state index contributed by atoms with van der Waals surface area (Å²) in [4.78, 5) is 0. The van der Waals surface area contributed by atoms with Gasteiger partial charge in [0.15, 0.2) is 0 Å². The number of benzene rings is 1. The number of halogens is 2. The highest BCUT2D eigenvalue weighted by atomic mass is 35.5. The standard InChI is InChI=1S/C14H19Cl2NO/c1-17-9-14(6-2-3-11(18)8-14)10-4-5-12(15)13(16)7-10/h4-5,7,11,17-18H,2-3,6,8-9H2,1H3/t11-,14-/m0/s1. The zero-order valence-corrected chi connectivity index (χ0v) is 12.1. The highest BCUT2D eigenvalue weighted by Gasteiger charge is 2.37. The minimum atomic E-state index is -0.221. The first-order valence-corrected chi connectivity index (χ1v) is 7.11. The summed E-state index contributed by atoms with van der Waals surface area (Å²) in [6.45, 7) is 0.849. The maximum absolute atomic E-state index is 9.97. The molecule has 0 bridgehead atoms. The van der Waals surface area contributed by atoms with Crippen LogP contribution >= 0.6 is 23.2 Å². The summed E-state index contributed by atoms with van der Waals surface area (Å²) in [6, 6.07) is 5.82. The third-order valence-electron chi connectivity index (χ3n) is 3.87. The lowest BCUT2D eigenvalue weighted by Gasteiger charge is -2.40. The molecule has 0 aliphatic heterocycles. The Morgan fingerprint density at radius 2 is 2.17 bits per heavy atom. The van der Waals surface area contributed by atoms with E-state index >= 15 is 0 Å². The second-order valence-electron chi connectivity index (χ2n) is 5.19. The van der Waals surface area contributed by atoms with Gasteiger partial charge >= 0.3 is 0 Å². The molecule has 0 saturated heterocycles. The van der Waals surface area contributed by atoms with Gasteiger partial charge in [-0.1, -0.05) is 29.3 Å². The van der Waals surface area contributed by atoms with Gasteiger partial charge in [-0.05, 0) is 50.4 Å². The van der Waals surface area contributed by atoms with Crippen LogP contribution in [0.15, 0.2) is 18.2 Å². The number of likely N-dealkylation sites (N-methyl/N-ethyl adjacent to an activating group) is 1. The quantitative estimate of drug-likeness (QED) is 0.893. The molecule has 100 valence electrons. The highest BCUT2D eigenvalue weighted by Crippen LogP contribution is 2.40. The van der Waals surface area contributed by atoms with E-state index in [-0.39, 0.29) is 11.5 Å². The third kappa shape index (κ3) is 2.83. The van der Waals surface area contributed by atoms with Gasteiger partial charge in [0.1, 0.15) is 0 Å². The Balaban J connectivity index is 2.36. The van der Waals surface area contributed by atoms with Crippen LogP contribution in [0.1, 0.15) is 31.2 Å². The molecule has 1 aliphatic rings. The van der Waals surface area contributed by atoms with E-state index in [1.807, 2.05) is 25.2 Å². The second kappa shape index (κ2) is 5.79. The SMILES string of the molecule is CNC[C@]1(c2ccc(Cl)c(Cl)c2)CCC[C@H](O)C1. The van der Waals surface area contributed by atoms with Crippen LogP contribution in [-0.4, -0.2) is 24.8 Å². The van der Waals surface area contributed by atoms with Crippen LogP contribution in [0.2, 0.25) is 10.0 Å². The van der Waals surface area contributed by atoms with Crippen LogP contribution in [0.3, 0.4) is 0 Å². The molecule has 0 heterocycles. The van der Waals surface area contributed by atoms with Crippen molar-refractivity contribution in [3.05, 3.63) is 33.8 Å². The van der Waals surface area contributed by atoms with Gasteiger partial charge in [-0.25, -0.2) is 0 Å². The van der Waals surface area contributed by atoms with E-state index in [0.717, 1.165) is 32.2 Å². The molecule has 2 atom stereocenters. The van der Waals surface area contributed by atoms with E-state index < -0.39 is 0 Å². The lowest BCUT2D eigenvalue weighted by atomic mass is 9.68. The Hall–Kier alpha value is -0.280. The number of hydrogen-bond acceptors (Lipinski definition) is 2. The first-order valence-electron chi connectivity index (χ1n) is 6.35. The average molecular weight is 288 g/mol. The fourth-order valence-electron chi connectivity index (χ4n) is 3.02. The van der Waals surface area contributed by atoms with Crippen LogP contribution < -0.4 is 5.32 Å². The van der Waals surface area contributed by atoms with E-state index in [0.29, 0.717) is 10.0 Å². The fourth-order valence-corrected chi connectivity index (χ4v) is 3.32. The minimum Gasteiger partial charge on any atom is -0.393 e. The predicted molar refractivity (Wildman–Crippen MR) is 76.5 cm³/mol. The van der Waals surface area contributed by atoms with Crippen molar-refractivity contribution in [2.45, 2.75) is 37.2 Å². The van der Waals surface area contributed by atoms with Crippen molar-refractivity contribution < 1.29 is 5.11 Å². The lowest BCUT2D eigenvalue weighted by molar-refractivity contribution is 0.0845. The van der Waals surface area contributed by atoms with Crippen molar-refractivity contribution in [2.75, 3.05) is 13.6 Å². The van der Waals surface area contributed by atoms with Crippen LogP contribution in [0.25, 0.3) is 0 Å². The molecular formula is C14H19Cl2NO. The largest absolute Gasteiger partial charge is 0.393 e. The molecule has 1 aliphatic carbocycles. The molecule has 1 fully saturated rings. The second-order valence-corrected chi connectivity index (χ2v) is 6.00. The van der Waals surface area contributed by atoms with E-state index in [1.54, 1.807) is 0 Å². The average Bonchev–Trinajstić information content (AvgIpc) is 2.33. The molecule has 2 rings (SSSR count). The summed E-state index contributed by atoms with van der Waals surface area (Å²) >= 11 is 12.1. The van der Waals surface area contributed by atoms with Gasteiger partial charge in [-0.3, -0.25) is 0 Å². The fraction of sp³-hybridized carbons (Fsp3) is 0.571. The van der Waals surface area contributed by atoms with Gasteiger partial charge in [0, 0.05) is 12.0 Å². The van der Waals surface area contributed by atoms with Crippen molar-refractivity contribution in [3.8, 4) is 0 Å². The van der Waals surface area contributed by atoms with Crippen LogP contribution in [0.5, 0.6) is 0 Å². The molecule has 18 heavy (non-hydrogen) atoms. The Bertz CT molecular complexity index is 420. The molecule has 0 amide bonds. The van der Waals surface area contributed by atoms with E-state index in [1.165, 1.54) is 5.56 Å². The lowest BCUT2D eigenvalue weighted by Crippen LogP contribution is -2.42. The van der Waals surface area contributed by atoms with Crippen molar-refractivity contribution >= 4 is 23.2 Å². The van der Waals surface area contributed by atoms with Gasteiger partial charge in [0.05, 0.1) is 16.1 Å². The first kappa shape index (κ1) is 14.1. The summed E-state index contributed by atoms with van der Waals surface area (Å²) in [7, 11) is 1.94. The van der Waals surface area contributed by atoms with Crippen molar-refractivity contribution in [2.24, 2.45) is 0 Å². The zero-order valence-electron chi connectivity index (χ0n) is 10.5. The van der Waals surface area contributed by atoms with Crippen LogP contribution in [-0.2, 0) is 5.41 Å². The number of aliphatic hydroxyl groups excluding tert-OH is 1. The maximum Gasteiger partial charge on any atom is 0.0595 e. The summed E-state index contributed by atoms with van der Waals surface area (Å²) in [5.74, 6) is 0. The summed E-state index contributed by atoms with van der Waals surface area (Å²) in [6.07, 6.45) is 3.58. The van der Waals surface area contributed by atoms with Crippen molar-refractivity contribution in [1.29, 1.82) is 0 Å². The van der Waals surface area contributed by atoms with Crippen molar-refractivity contribution in [1.82, 2.24) is 5.32 Å². The number of hydrogen-bond donors (Lipinski definition) is 2. The Labute approximate surface area is 118 Å². The number of rotatable bonds is 3. The van der Waals surface area contributed by atoms with Gasteiger partial charge in [0.25, 0.3) is 0 Å². The predicted octanol–water partition coefficient (Wildman–Crippen LogP) is 3.39. The third-order valence-corrected chi connectivity index (χ3v) is 4.61. The van der Waals surface area contributed by atoms with E-state index in [2.05, 4.69) is 5.32 Å². The molecule has 1 aromatic rings. The molecule has 0 unspecified atom stereocenters. The van der Waals surface area contributed by atoms with E-state index in [9.17, 15) is 5.11 Å². The molecule has 2 nitrogen and oxygen atoms in total. The molecule has 0 aromatic heterocycles. The maximum atomic E-state index is 9.97. The van der Waals surface area contributed by atoms with E-state index in [4.69, 9.17) is 23.2 Å². The van der Waals surface area contributed by atoms with Crippen LogP contribution in [0, 0.1) is 0 Å². The summed E-state index contributed by atoms with van der Waals surface area (Å²) < 4.78 is 0. The number of nitrogens with one attached hydrogen (secondary N) is 1. The monoisotopic (exact) mass is 287 g/mol. The Kier molecular flexibility index (Phi) is 4.54. The summed E-state index contributed by atoms with van der Waals surface area (Å²) in [5.41, 5.74) is 1.14. The topological polar surface area (TPSA) is 32.3 Å². The molecule has 1 aromatic carbocycles. The van der Waals surface area contributed by atoms with Gasteiger partial charge in [-0.15, -0.1) is 0 Å². The molecule has 0 spiro atoms. The van der Waals surface area contributed by atoms with Gasteiger partial charge in [0.2, 0.25) is 0 Å². The smallest absolute Gasteiger partial charge is 0.0595 e. The first-order chi connectivity index (χ1) is 8.57. The minimum absolute atomic E-state index is 0.0271. The molecule has 0 radical (unpaired) electrons. The summed E-state index contributed by atoms with van der Waals surface area (Å²) in [5, 5.41) is 14.4. The molecule has 2 N–H and O–H groups in total. The Morgan fingerprint density at radius 3 is 2.78 bits per heavy atom. The molecule has 1 saturated carbocycles. The molecule has 4 heteroatoms. The van der Waals surface area contributed by atoms with Crippen molar-refractivity contribution in [3.63, 3.8) is 0 Å². The molecular weight excluding hydrogens is 269 g/mol. The number of aliphatic hydroxyl groups is 1. The zero-order chi connectivity index (χ0) is 13.2. The van der Waals surface area contributed by atoms with Gasteiger partial charge in [-0.2, -0.15) is 0 Å². The van der Waals surface area contributed by atoms with Crippen LogP contribution in [0.4, 0.5) is 0 Å². The Morgan fingerprint density at radius 1 is 1.39 bits per heavy atom. The normalized spacial score (nSPS) is 28.3. The van der Waals surface area contributed by atoms with Gasteiger partial charge < -0.3 is 10.4 Å². The highest BCUT2D eigenvalue weighted by molar-refractivity contribution is 6.42.